The van der Waals surface area contributed by atoms with Crippen molar-refractivity contribution in [2.24, 2.45) is 45.8 Å². The molecule has 0 spiro atoms. The molecule has 1 saturated carbocycles. The molecule has 52 heavy (non-hydrogen) atoms. The molecule has 1 aliphatic carbocycles. The number of fused-ring (bicyclic) bond motifs is 3. The first-order valence-electron chi connectivity index (χ1n) is 20.3. The monoisotopic (exact) mass is 725 g/mol. The average Bonchev–Trinajstić information content (AvgIpc) is 3.35. The number of nitrogens with zero attached hydrogens (tertiary/aromatic N) is 2. The maximum atomic E-state index is 14.6. The van der Waals surface area contributed by atoms with Crippen LogP contribution in [0.3, 0.4) is 0 Å². The number of hydrogen-bond donors (Lipinski definition) is 1. The van der Waals surface area contributed by atoms with Crippen molar-refractivity contribution in [3.05, 3.63) is 0 Å². The molecular weight excluding hydrogens is 658 g/mol. The standard InChI is InChI=1S/C42H67N3O7/c1-9-19-43-38(51)37(50)27-17-15-13-11-10-12-14-16-18-28(39(52)45-26-31-35(42(31,7)8)36(45)32(47)21-27)20-30(46)22-29(40(2,3)4)25-44-33(48)23-41(5,6)24-34(44)49/h27-29,31,35-36H,9-26H2,1-8H3,(H,43,51)/t27-,28-,29-,31+,35+,36-/m1/s1. The minimum absolute atomic E-state index is 0.0151. The normalized spacial score (nSPS) is 29.3. The Kier molecular flexibility index (Phi) is 13.7. The lowest BCUT2D eigenvalue weighted by Gasteiger charge is -2.39. The summed E-state index contributed by atoms with van der Waals surface area (Å²) in [6.45, 7) is 17.1. The molecule has 0 aromatic heterocycles. The van der Waals surface area contributed by atoms with Crippen LogP contribution < -0.4 is 5.32 Å². The van der Waals surface area contributed by atoms with E-state index in [1.165, 1.54) is 4.90 Å². The van der Waals surface area contributed by atoms with Crippen LogP contribution in [0, 0.1) is 45.8 Å². The summed E-state index contributed by atoms with van der Waals surface area (Å²) in [6, 6.07) is -0.672. The van der Waals surface area contributed by atoms with Gasteiger partial charge in [-0.3, -0.25) is 38.5 Å². The Labute approximate surface area is 312 Å². The van der Waals surface area contributed by atoms with Gasteiger partial charge in [0.2, 0.25) is 23.5 Å². The number of ketones is 3. The van der Waals surface area contributed by atoms with Crippen molar-refractivity contribution in [1.29, 1.82) is 0 Å². The number of likely N-dealkylation sites (tertiary alicyclic amines) is 1. The fourth-order valence-corrected chi connectivity index (χ4v) is 9.21. The second-order valence-corrected chi connectivity index (χ2v) is 19.1. The van der Waals surface area contributed by atoms with Crippen LogP contribution in [0.15, 0.2) is 0 Å². The summed E-state index contributed by atoms with van der Waals surface area (Å²) in [7, 11) is 0. The zero-order chi connectivity index (χ0) is 38.6. The van der Waals surface area contributed by atoms with Crippen LogP contribution in [0.5, 0.6) is 0 Å². The number of nitrogens with one attached hydrogen (secondary N) is 1. The summed E-state index contributed by atoms with van der Waals surface area (Å²) in [5.74, 6) is -3.38. The molecule has 10 nitrogen and oxygen atoms in total. The fraction of sp³-hybridized carbons (Fsp3) is 0.833. The molecule has 3 saturated heterocycles. The van der Waals surface area contributed by atoms with Crippen molar-refractivity contribution in [3.8, 4) is 0 Å². The summed E-state index contributed by atoms with van der Waals surface area (Å²) >= 11 is 0. The van der Waals surface area contributed by atoms with Gasteiger partial charge in [0, 0.05) is 63.6 Å². The molecule has 10 heteroatoms. The molecule has 0 radical (unpaired) electrons. The fourth-order valence-electron chi connectivity index (χ4n) is 9.21. The molecule has 0 bridgehead atoms. The molecule has 0 unspecified atom stereocenters. The minimum atomic E-state index is -0.716. The zero-order valence-electron chi connectivity index (χ0n) is 33.4. The van der Waals surface area contributed by atoms with Gasteiger partial charge in [-0.05, 0) is 53.3 Å². The van der Waals surface area contributed by atoms with Crippen LogP contribution in [0.1, 0.15) is 152 Å². The van der Waals surface area contributed by atoms with Crippen LogP contribution in [-0.4, -0.2) is 76.5 Å². The second kappa shape index (κ2) is 17.0. The van der Waals surface area contributed by atoms with Gasteiger partial charge in [0.15, 0.2) is 5.78 Å². The van der Waals surface area contributed by atoms with E-state index >= 15 is 0 Å². The number of carbonyl (C=O) groups is 7. The number of amides is 4. The molecule has 4 amide bonds. The van der Waals surface area contributed by atoms with Gasteiger partial charge in [0.25, 0.3) is 5.91 Å². The molecule has 3 aliphatic heterocycles. The minimum Gasteiger partial charge on any atom is -0.350 e. The molecule has 3 heterocycles. The highest BCUT2D eigenvalue weighted by molar-refractivity contribution is 6.37. The van der Waals surface area contributed by atoms with Crippen LogP contribution >= 0.6 is 0 Å². The van der Waals surface area contributed by atoms with E-state index in [-0.39, 0.29) is 102 Å². The SMILES string of the molecule is CCCNC(=O)C(=O)[C@@H]1CCCCCCCCC[C@H](CC(=O)C[C@H](CN2C(=O)CC(C)(C)CC2=O)C(C)(C)C)C(=O)N2C[C@H]3[C@@H]([C@H]2C(=O)C1)C3(C)C. The summed E-state index contributed by atoms with van der Waals surface area (Å²) in [5, 5.41) is 2.69. The summed E-state index contributed by atoms with van der Waals surface area (Å²) in [5.41, 5.74) is -0.860. The van der Waals surface area contributed by atoms with Gasteiger partial charge in [0.05, 0.1) is 6.04 Å². The lowest BCUT2D eigenvalue weighted by Crippen LogP contribution is -2.50. The predicted octanol–water partition coefficient (Wildman–Crippen LogP) is 6.47. The predicted molar refractivity (Wildman–Crippen MR) is 200 cm³/mol. The third-order valence-electron chi connectivity index (χ3n) is 12.8. The molecule has 4 rings (SSSR count). The number of hydrogen-bond acceptors (Lipinski definition) is 7. The molecular formula is C42H67N3O7. The van der Waals surface area contributed by atoms with Crippen molar-refractivity contribution in [2.75, 3.05) is 19.6 Å². The first kappa shape index (κ1) is 41.8. The molecule has 4 fully saturated rings. The third kappa shape index (κ3) is 10.2. The molecule has 0 aromatic carbocycles. The third-order valence-corrected chi connectivity index (χ3v) is 12.8. The lowest BCUT2D eigenvalue weighted by atomic mass is 9.75. The molecule has 1 N–H and O–H groups in total. The van der Waals surface area contributed by atoms with Crippen LogP contribution in [0.25, 0.3) is 0 Å². The Morgan fingerprint density at radius 1 is 0.865 bits per heavy atom. The van der Waals surface area contributed by atoms with Crippen LogP contribution in [-0.2, 0) is 33.6 Å². The number of carbonyl (C=O) groups excluding carboxylic acids is 7. The van der Waals surface area contributed by atoms with Gasteiger partial charge in [-0.2, -0.15) is 0 Å². The highest BCUT2D eigenvalue weighted by atomic mass is 16.2. The number of piperidine rings is 2. The van der Waals surface area contributed by atoms with Crippen LogP contribution in [0.4, 0.5) is 0 Å². The topological polar surface area (TPSA) is 138 Å². The van der Waals surface area contributed by atoms with Gasteiger partial charge < -0.3 is 10.2 Å². The number of rotatable bonds is 10. The van der Waals surface area contributed by atoms with Gasteiger partial charge in [-0.1, -0.05) is 100 Å². The van der Waals surface area contributed by atoms with Crippen molar-refractivity contribution >= 4 is 41.0 Å². The highest BCUT2D eigenvalue weighted by Gasteiger charge is 2.69. The first-order valence-corrected chi connectivity index (χ1v) is 20.3. The number of imide groups is 1. The van der Waals surface area contributed by atoms with Crippen LogP contribution in [0.2, 0.25) is 0 Å². The average molecular weight is 726 g/mol. The summed E-state index contributed by atoms with van der Waals surface area (Å²) in [4.78, 5) is 98.1. The van der Waals surface area contributed by atoms with E-state index in [4.69, 9.17) is 0 Å². The van der Waals surface area contributed by atoms with E-state index in [1.54, 1.807) is 4.90 Å². The molecule has 292 valence electrons. The Hall–Kier alpha value is -2.91. The molecule has 6 atom stereocenters. The second-order valence-electron chi connectivity index (χ2n) is 19.1. The van der Waals surface area contributed by atoms with Crippen molar-refractivity contribution in [3.63, 3.8) is 0 Å². The van der Waals surface area contributed by atoms with Gasteiger partial charge in [-0.15, -0.1) is 0 Å². The Bertz CT molecular complexity index is 1360. The summed E-state index contributed by atoms with van der Waals surface area (Å²) in [6.07, 6.45) is 8.94. The maximum Gasteiger partial charge on any atom is 0.287 e. The number of Topliss-reactive ketones (excluding diaryl/α,β-unsaturated/α-hetero) is 3. The lowest BCUT2D eigenvalue weighted by molar-refractivity contribution is -0.154. The van der Waals surface area contributed by atoms with E-state index in [9.17, 15) is 33.6 Å². The Morgan fingerprint density at radius 2 is 1.44 bits per heavy atom. The summed E-state index contributed by atoms with van der Waals surface area (Å²) < 4.78 is 0. The van der Waals surface area contributed by atoms with Crippen molar-refractivity contribution in [2.45, 2.75) is 158 Å². The largest absolute Gasteiger partial charge is 0.350 e. The first-order chi connectivity index (χ1) is 24.3. The van der Waals surface area contributed by atoms with Crippen molar-refractivity contribution in [1.82, 2.24) is 15.1 Å². The Balaban J connectivity index is 1.55. The van der Waals surface area contributed by atoms with E-state index in [0.29, 0.717) is 32.4 Å². The highest BCUT2D eigenvalue weighted by Crippen LogP contribution is 2.65. The van der Waals surface area contributed by atoms with E-state index in [2.05, 4.69) is 19.2 Å². The quantitative estimate of drug-likeness (QED) is 0.201. The van der Waals surface area contributed by atoms with E-state index in [0.717, 1.165) is 44.9 Å². The van der Waals surface area contributed by atoms with Gasteiger partial charge in [-0.25, -0.2) is 0 Å². The maximum absolute atomic E-state index is 14.6. The van der Waals surface area contributed by atoms with E-state index in [1.807, 2.05) is 41.5 Å². The van der Waals surface area contributed by atoms with Gasteiger partial charge >= 0.3 is 0 Å². The Morgan fingerprint density at radius 3 is 2.02 bits per heavy atom. The molecule has 4 aliphatic rings. The van der Waals surface area contributed by atoms with Gasteiger partial charge in [0.1, 0.15) is 5.78 Å². The zero-order valence-corrected chi connectivity index (χ0v) is 33.4. The molecule has 0 aromatic rings. The smallest absolute Gasteiger partial charge is 0.287 e. The van der Waals surface area contributed by atoms with E-state index < -0.39 is 29.6 Å². The van der Waals surface area contributed by atoms with Crippen molar-refractivity contribution < 1.29 is 33.6 Å².